The van der Waals surface area contributed by atoms with Gasteiger partial charge in [-0.1, -0.05) is 135 Å². The Labute approximate surface area is 280 Å². The molecule has 1 aromatic heterocycles. The van der Waals surface area contributed by atoms with Crippen molar-refractivity contribution in [2.75, 3.05) is 4.90 Å². The van der Waals surface area contributed by atoms with Gasteiger partial charge in [0.25, 0.3) is 0 Å². The van der Waals surface area contributed by atoms with E-state index in [4.69, 9.17) is 4.42 Å². The zero-order valence-electron chi connectivity index (χ0n) is 26.9. The van der Waals surface area contributed by atoms with E-state index in [1.54, 1.807) is 0 Å². The molecule has 0 fully saturated rings. The summed E-state index contributed by atoms with van der Waals surface area (Å²) in [6.45, 7) is 4.75. The lowest BCUT2D eigenvalue weighted by Crippen LogP contribution is -2.32. The highest BCUT2D eigenvalue weighted by atomic mass is 16.3. The summed E-state index contributed by atoms with van der Waals surface area (Å²) in [5.41, 5.74) is 15.0. The molecule has 0 radical (unpaired) electrons. The Morgan fingerprint density at radius 1 is 0.438 bits per heavy atom. The van der Waals surface area contributed by atoms with Gasteiger partial charge in [-0.2, -0.15) is 0 Å². The highest BCUT2D eigenvalue weighted by Crippen LogP contribution is 2.61. The van der Waals surface area contributed by atoms with Crippen LogP contribution in [-0.2, 0) is 10.8 Å². The van der Waals surface area contributed by atoms with Crippen LogP contribution >= 0.6 is 0 Å². The normalized spacial score (nSPS) is 15.2. The average Bonchev–Trinajstić information content (AvgIpc) is 3.65. The Balaban J connectivity index is 1.31. The summed E-state index contributed by atoms with van der Waals surface area (Å²) in [7, 11) is 0. The summed E-state index contributed by atoms with van der Waals surface area (Å²) < 4.78 is 6.44. The van der Waals surface area contributed by atoms with E-state index in [-0.39, 0.29) is 5.41 Å². The van der Waals surface area contributed by atoms with Crippen LogP contribution in [0.2, 0.25) is 0 Å². The molecule has 2 heterocycles. The number of anilines is 3. The van der Waals surface area contributed by atoms with Gasteiger partial charge in [0.2, 0.25) is 0 Å². The highest BCUT2D eigenvalue weighted by molar-refractivity contribution is 6.06. The van der Waals surface area contributed by atoms with Crippen LogP contribution in [-0.4, -0.2) is 0 Å². The quantitative estimate of drug-likeness (QED) is 0.197. The molecule has 2 heteroatoms. The third-order valence-corrected chi connectivity index (χ3v) is 10.9. The molecule has 10 rings (SSSR count). The minimum Gasteiger partial charge on any atom is -0.456 e. The van der Waals surface area contributed by atoms with Crippen LogP contribution in [0.3, 0.4) is 0 Å². The van der Waals surface area contributed by atoms with Crippen molar-refractivity contribution < 1.29 is 4.42 Å². The van der Waals surface area contributed by atoms with Gasteiger partial charge in [-0.15, -0.1) is 0 Å². The SMILES string of the molecule is CC1(C)c2ccccc2N(c2ccc3c(c2)oc2ccccc23)c2cc3c(cc21)-c1ccccc1C3(c1ccccc1)c1ccccc1. The fourth-order valence-corrected chi connectivity index (χ4v) is 8.77. The second-order valence-corrected chi connectivity index (χ2v) is 13.7. The maximum atomic E-state index is 6.44. The number of furan rings is 1. The molecule has 0 spiro atoms. The zero-order chi connectivity index (χ0) is 32.0. The summed E-state index contributed by atoms with van der Waals surface area (Å²) in [4.78, 5) is 2.46. The van der Waals surface area contributed by atoms with Gasteiger partial charge >= 0.3 is 0 Å². The number of nitrogens with zero attached hydrogens (tertiary/aromatic N) is 1. The fraction of sp³-hybridized carbons (Fsp3) is 0.0870. The molecular formula is C46H33NO. The molecule has 1 aliphatic heterocycles. The first-order valence-corrected chi connectivity index (χ1v) is 16.8. The van der Waals surface area contributed by atoms with Gasteiger partial charge in [0.1, 0.15) is 11.2 Å². The van der Waals surface area contributed by atoms with Crippen molar-refractivity contribution >= 4 is 39.0 Å². The molecule has 0 atom stereocenters. The van der Waals surface area contributed by atoms with E-state index in [1.807, 2.05) is 6.07 Å². The van der Waals surface area contributed by atoms with Crippen LogP contribution < -0.4 is 4.90 Å². The second-order valence-electron chi connectivity index (χ2n) is 13.7. The first kappa shape index (κ1) is 27.3. The van der Waals surface area contributed by atoms with E-state index in [0.717, 1.165) is 27.6 Å². The Morgan fingerprint density at radius 3 is 1.83 bits per heavy atom. The van der Waals surface area contributed by atoms with Crippen LogP contribution in [0.5, 0.6) is 0 Å². The van der Waals surface area contributed by atoms with Crippen molar-refractivity contribution in [1.82, 2.24) is 0 Å². The zero-order valence-corrected chi connectivity index (χ0v) is 26.9. The van der Waals surface area contributed by atoms with Gasteiger partial charge in [-0.05, 0) is 80.9 Å². The molecular weight excluding hydrogens is 583 g/mol. The molecule has 2 nitrogen and oxygen atoms in total. The molecule has 0 unspecified atom stereocenters. The lowest BCUT2D eigenvalue weighted by atomic mass is 9.66. The first-order chi connectivity index (χ1) is 23.6. The molecule has 0 bridgehead atoms. The molecule has 0 N–H and O–H groups in total. The van der Waals surface area contributed by atoms with Crippen LogP contribution in [0.15, 0.2) is 168 Å². The van der Waals surface area contributed by atoms with Gasteiger partial charge < -0.3 is 9.32 Å². The smallest absolute Gasteiger partial charge is 0.137 e. The van der Waals surface area contributed by atoms with Gasteiger partial charge in [-0.3, -0.25) is 0 Å². The van der Waals surface area contributed by atoms with Crippen molar-refractivity contribution in [1.29, 1.82) is 0 Å². The van der Waals surface area contributed by atoms with E-state index >= 15 is 0 Å². The van der Waals surface area contributed by atoms with Crippen LogP contribution in [0.25, 0.3) is 33.1 Å². The fourth-order valence-electron chi connectivity index (χ4n) is 8.77. The minimum absolute atomic E-state index is 0.222. The van der Waals surface area contributed by atoms with E-state index in [1.165, 1.54) is 55.9 Å². The van der Waals surface area contributed by atoms with E-state index in [9.17, 15) is 0 Å². The van der Waals surface area contributed by atoms with Crippen molar-refractivity contribution in [3.63, 3.8) is 0 Å². The van der Waals surface area contributed by atoms with Gasteiger partial charge in [-0.25, -0.2) is 0 Å². The standard InChI is InChI=1S/C46H33NO/c1-45(2)38-22-12-13-23-41(38)47(32-25-26-35-34-20-10-14-24-43(34)48-44(35)27-32)42-29-39-36(28-40(42)45)33-19-9-11-21-37(33)46(39,30-15-5-3-6-16-30)31-17-7-4-8-18-31/h3-29H,1-2H3. The molecule has 7 aromatic carbocycles. The molecule has 0 saturated carbocycles. The number of rotatable bonds is 3. The van der Waals surface area contributed by atoms with Crippen LogP contribution in [0, 0.1) is 0 Å². The molecule has 48 heavy (non-hydrogen) atoms. The summed E-state index contributed by atoms with van der Waals surface area (Å²) in [5, 5.41) is 2.28. The van der Waals surface area contributed by atoms with Crippen LogP contribution in [0.4, 0.5) is 17.1 Å². The van der Waals surface area contributed by atoms with Crippen molar-refractivity contribution in [3.05, 3.63) is 197 Å². The second kappa shape index (κ2) is 9.82. The molecule has 0 saturated heterocycles. The number of hydrogen-bond donors (Lipinski definition) is 0. The lowest BCUT2D eigenvalue weighted by molar-refractivity contribution is 0.631. The molecule has 1 aliphatic carbocycles. The summed E-state index contributed by atoms with van der Waals surface area (Å²) in [6.07, 6.45) is 0. The summed E-state index contributed by atoms with van der Waals surface area (Å²) in [6, 6.07) is 60.1. The number of hydrogen-bond acceptors (Lipinski definition) is 2. The molecule has 8 aromatic rings. The van der Waals surface area contributed by atoms with Crippen molar-refractivity contribution in [2.45, 2.75) is 24.7 Å². The predicted molar refractivity (Wildman–Crippen MR) is 198 cm³/mol. The Kier molecular flexibility index (Phi) is 5.58. The third kappa shape index (κ3) is 3.52. The summed E-state index contributed by atoms with van der Waals surface area (Å²) in [5.74, 6) is 0. The van der Waals surface area contributed by atoms with E-state index in [2.05, 4.69) is 176 Å². The Hall–Kier alpha value is -5.86. The lowest BCUT2D eigenvalue weighted by Gasteiger charge is -2.43. The monoisotopic (exact) mass is 615 g/mol. The van der Waals surface area contributed by atoms with E-state index < -0.39 is 5.41 Å². The maximum absolute atomic E-state index is 6.44. The van der Waals surface area contributed by atoms with E-state index in [0.29, 0.717) is 0 Å². The highest BCUT2D eigenvalue weighted by Gasteiger charge is 2.48. The van der Waals surface area contributed by atoms with Gasteiger partial charge in [0.15, 0.2) is 0 Å². The van der Waals surface area contributed by atoms with Gasteiger partial charge in [0.05, 0.1) is 16.8 Å². The number of benzene rings is 7. The predicted octanol–water partition coefficient (Wildman–Crippen LogP) is 12.1. The maximum Gasteiger partial charge on any atom is 0.137 e. The number of para-hydroxylation sites is 2. The van der Waals surface area contributed by atoms with Crippen molar-refractivity contribution in [2.24, 2.45) is 0 Å². The Bertz CT molecular complexity index is 2500. The Morgan fingerprint density at radius 2 is 1.06 bits per heavy atom. The minimum atomic E-state index is -0.473. The molecule has 0 amide bonds. The largest absolute Gasteiger partial charge is 0.456 e. The average molecular weight is 616 g/mol. The topological polar surface area (TPSA) is 16.4 Å². The van der Waals surface area contributed by atoms with Gasteiger partial charge in [0, 0.05) is 27.9 Å². The summed E-state index contributed by atoms with van der Waals surface area (Å²) >= 11 is 0. The number of fused-ring (bicyclic) bond motifs is 8. The molecule has 228 valence electrons. The van der Waals surface area contributed by atoms with Crippen LogP contribution in [0.1, 0.15) is 47.2 Å². The third-order valence-electron chi connectivity index (χ3n) is 10.9. The first-order valence-electron chi connectivity index (χ1n) is 16.8. The van der Waals surface area contributed by atoms with Crippen molar-refractivity contribution in [3.8, 4) is 11.1 Å². The molecule has 2 aliphatic rings.